The topological polar surface area (TPSA) is 102 Å². The lowest BCUT2D eigenvalue weighted by Crippen LogP contribution is -2.32. The van der Waals surface area contributed by atoms with Gasteiger partial charge in [-0.15, -0.1) is 0 Å². The molecule has 2 aromatic carbocycles. The molecule has 0 saturated heterocycles. The third-order valence-corrected chi connectivity index (χ3v) is 8.29. The Hall–Kier alpha value is -2.46. The number of halogens is 1. The van der Waals surface area contributed by atoms with Crippen LogP contribution in [0.4, 0.5) is 0 Å². The van der Waals surface area contributed by atoms with Crippen molar-refractivity contribution in [3.05, 3.63) is 83.6 Å². The molecule has 1 aromatic heterocycles. The van der Waals surface area contributed by atoms with E-state index in [4.69, 9.17) is 16.3 Å². The molecule has 1 atom stereocenters. The average molecular weight is 481 g/mol. The highest BCUT2D eigenvalue weighted by Gasteiger charge is 2.31. The molecule has 10 heteroatoms. The molecule has 0 fully saturated rings. The third-order valence-electron chi connectivity index (χ3n) is 4.48. The summed E-state index contributed by atoms with van der Waals surface area (Å²) in [6, 6.07) is 14.8. The number of nitrogens with zero attached hydrogens (tertiary/aromatic N) is 1. The zero-order valence-corrected chi connectivity index (χ0v) is 19.0. The van der Waals surface area contributed by atoms with Crippen LogP contribution >= 0.6 is 11.6 Å². The maximum atomic E-state index is 13.3. The molecule has 164 valence electrons. The molecule has 7 nitrogen and oxygen atoms in total. The molecule has 0 aliphatic rings. The van der Waals surface area contributed by atoms with E-state index in [0.717, 1.165) is 0 Å². The van der Waals surface area contributed by atoms with Crippen molar-refractivity contribution in [2.24, 2.45) is 0 Å². The largest absolute Gasteiger partial charge is 0.494 e. The molecule has 31 heavy (non-hydrogen) atoms. The number of aromatic nitrogens is 1. The smallest absolute Gasteiger partial charge is 0.240 e. The first-order valence-electron chi connectivity index (χ1n) is 9.36. The summed E-state index contributed by atoms with van der Waals surface area (Å²) in [4.78, 5) is 4.02. The van der Waals surface area contributed by atoms with Crippen molar-refractivity contribution in [2.45, 2.75) is 22.0 Å². The van der Waals surface area contributed by atoms with Gasteiger partial charge in [-0.1, -0.05) is 17.7 Å². The summed E-state index contributed by atoms with van der Waals surface area (Å²) in [5.74, 6) is 0.542. The maximum absolute atomic E-state index is 13.3. The summed E-state index contributed by atoms with van der Waals surface area (Å²) in [7, 11) is -7.89. The van der Waals surface area contributed by atoms with Crippen LogP contribution in [0.2, 0.25) is 5.02 Å². The molecule has 1 N–H and O–H groups in total. The van der Waals surface area contributed by atoms with Gasteiger partial charge in [0.15, 0.2) is 9.84 Å². The predicted molar refractivity (Wildman–Crippen MR) is 118 cm³/mol. The molecule has 0 amide bonds. The van der Waals surface area contributed by atoms with Crippen molar-refractivity contribution in [1.82, 2.24) is 9.71 Å². The van der Waals surface area contributed by atoms with Crippen LogP contribution < -0.4 is 9.46 Å². The van der Waals surface area contributed by atoms with Gasteiger partial charge in [0.25, 0.3) is 0 Å². The minimum absolute atomic E-state index is 0.00443. The molecule has 0 aliphatic heterocycles. The molecule has 3 aromatic rings. The average Bonchev–Trinajstić information content (AvgIpc) is 2.75. The lowest BCUT2D eigenvalue weighted by atomic mass is 10.2. The van der Waals surface area contributed by atoms with Crippen LogP contribution in [0, 0.1) is 0 Å². The van der Waals surface area contributed by atoms with E-state index in [1.807, 2.05) is 6.92 Å². The molecule has 1 heterocycles. The first-order valence-corrected chi connectivity index (χ1v) is 12.8. The SMILES string of the molecule is CCOc1ccc(S(=O)(=O)NCC(c2cccnc2)S(=O)(=O)c2ccc(Cl)cc2)cc1. The van der Waals surface area contributed by atoms with Gasteiger partial charge in [0.1, 0.15) is 11.0 Å². The van der Waals surface area contributed by atoms with Crippen LogP contribution in [0.3, 0.4) is 0 Å². The van der Waals surface area contributed by atoms with E-state index in [2.05, 4.69) is 9.71 Å². The monoisotopic (exact) mass is 480 g/mol. The number of sulfonamides is 1. The predicted octanol–water partition coefficient (Wildman–Crippen LogP) is 3.63. The van der Waals surface area contributed by atoms with Crippen molar-refractivity contribution in [1.29, 1.82) is 0 Å². The van der Waals surface area contributed by atoms with Crippen LogP contribution in [0.1, 0.15) is 17.7 Å². The summed E-state index contributed by atoms with van der Waals surface area (Å²) >= 11 is 5.87. The van der Waals surface area contributed by atoms with E-state index in [1.165, 1.54) is 48.8 Å². The van der Waals surface area contributed by atoms with Gasteiger partial charge in [-0.25, -0.2) is 21.6 Å². The molecular formula is C21H21ClN2O5S2. The molecule has 0 bridgehead atoms. The Morgan fingerprint density at radius 2 is 1.61 bits per heavy atom. The van der Waals surface area contributed by atoms with Crippen LogP contribution in [-0.4, -0.2) is 35.0 Å². The van der Waals surface area contributed by atoms with Crippen molar-refractivity contribution >= 4 is 31.5 Å². The van der Waals surface area contributed by atoms with E-state index in [1.54, 1.807) is 24.3 Å². The highest BCUT2D eigenvalue weighted by Crippen LogP contribution is 2.29. The Kier molecular flexibility index (Phi) is 7.32. The molecule has 0 saturated carbocycles. The van der Waals surface area contributed by atoms with Gasteiger partial charge in [0.05, 0.1) is 16.4 Å². The second-order valence-corrected chi connectivity index (χ2v) is 10.9. The quantitative estimate of drug-likeness (QED) is 0.501. The summed E-state index contributed by atoms with van der Waals surface area (Å²) in [6.07, 6.45) is 2.92. The van der Waals surface area contributed by atoms with Gasteiger partial charge in [0.2, 0.25) is 10.0 Å². The molecule has 0 spiro atoms. The fraction of sp³-hybridized carbons (Fsp3) is 0.190. The Balaban J connectivity index is 1.90. The number of hydrogen-bond acceptors (Lipinski definition) is 6. The van der Waals surface area contributed by atoms with Gasteiger partial charge in [-0.3, -0.25) is 4.98 Å². The van der Waals surface area contributed by atoms with Crippen LogP contribution in [0.25, 0.3) is 0 Å². The zero-order chi connectivity index (χ0) is 22.5. The minimum Gasteiger partial charge on any atom is -0.494 e. The lowest BCUT2D eigenvalue weighted by molar-refractivity contribution is 0.340. The molecular weight excluding hydrogens is 460 g/mol. The van der Waals surface area contributed by atoms with Gasteiger partial charge in [-0.05, 0) is 67.1 Å². The second-order valence-electron chi connectivity index (χ2n) is 6.53. The van der Waals surface area contributed by atoms with Crippen molar-refractivity contribution in [3.63, 3.8) is 0 Å². The highest BCUT2D eigenvalue weighted by molar-refractivity contribution is 7.92. The Labute approximate surface area is 187 Å². The van der Waals surface area contributed by atoms with Crippen LogP contribution in [0.15, 0.2) is 82.8 Å². The fourth-order valence-corrected chi connectivity index (χ4v) is 5.84. The Morgan fingerprint density at radius 1 is 0.968 bits per heavy atom. The Bertz CT molecular complexity index is 1220. The number of ether oxygens (including phenoxy) is 1. The number of hydrogen-bond donors (Lipinski definition) is 1. The third kappa shape index (κ3) is 5.62. The fourth-order valence-electron chi connectivity index (χ4n) is 2.91. The van der Waals surface area contributed by atoms with E-state index in [9.17, 15) is 16.8 Å². The van der Waals surface area contributed by atoms with Crippen molar-refractivity contribution in [2.75, 3.05) is 13.2 Å². The van der Waals surface area contributed by atoms with Crippen molar-refractivity contribution in [3.8, 4) is 5.75 Å². The van der Waals surface area contributed by atoms with E-state index in [0.29, 0.717) is 22.9 Å². The molecule has 0 aliphatic carbocycles. The van der Waals surface area contributed by atoms with Gasteiger partial charge >= 0.3 is 0 Å². The van der Waals surface area contributed by atoms with Crippen LogP contribution in [0.5, 0.6) is 5.75 Å². The van der Waals surface area contributed by atoms with E-state index < -0.39 is 25.1 Å². The molecule has 3 rings (SSSR count). The number of rotatable bonds is 9. The Morgan fingerprint density at radius 3 is 2.19 bits per heavy atom. The van der Waals surface area contributed by atoms with Gasteiger partial charge in [-0.2, -0.15) is 0 Å². The maximum Gasteiger partial charge on any atom is 0.240 e. The number of benzene rings is 2. The number of sulfone groups is 1. The van der Waals surface area contributed by atoms with E-state index >= 15 is 0 Å². The van der Waals surface area contributed by atoms with E-state index in [-0.39, 0.29) is 16.3 Å². The lowest BCUT2D eigenvalue weighted by Gasteiger charge is -2.19. The zero-order valence-electron chi connectivity index (χ0n) is 16.6. The number of pyridine rings is 1. The summed E-state index contributed by atoms with van der Waals surface area (Å²) < 4.78 is 59.8. The summed E-state index contributed by atoms with van der Waals surface area (Å²) in [6.45, 7) is 1.91. The van der Waals surface area contributed by atoms with Gasteiger partial charge < -0.3 is 4.74 Å². The van der Waals surface area contributed by atoms with Crippen LogP contribution in [-0.2, 0) is 19.9 Å². The van der Waals surface area contributed by atoms with Gasteiger partial charge in [0, 0.05) is 24.0 Å². The summed E-state index contributed by atoms with van der Waals surface area (Å²) in [5, 5.41) is -0.784. The number of nitrogens with one attached hydrogen (secondary N) is 1. The summed E-state index contributed by atoms with van der Waals surface area (Å²) in [5.41, 5.74) is 0.367. The normalized spacial score (nSPS) is 13.0. The second kappa shape index (κ2) is 9.78. The first kappa shape index (κ1) is 23.2. The molecule has 1 unspecified atom stereocenters. The minimum atomic E-state index is -3.96. The first-order chi connectivity index (χ1) is 14.7. The standard InChI is InChI=1S/C21H21ClN2O5S2/c1-2-29-18-7-11-20(12-8-18)31(27,28)24-15-21(16-4-3-13-23-14-16)30(25,26)19-9-5-17(22)6-10-19/h3-14,21,24H,2,15H2,1H3. The van der Waals surface area contributed by atoms with Crippen molar-refractivity contribution < 1.29 is 21.6 Å². The molecule has 0 radical (unpaired) electrons. The highest BCUT2D eigenvalue weighted by atomic mass is 35.5.